The fourth-order valence-corrected chi connectivity index (χ4v) is 4.02. The molecule has 7 heteroatoms. The smallest absolute Gasteiger partial charge is 0.224 e. The zero-order valence-corrected chi connectivity index (χ0v) is 19.4. The predicted octanol–water partition coefficient (Wildman–Crippen LogP) is 4.59. The second kappa shape index (κ2) is 12.0. The minimum absolute atomic E-state index is 0.00916. The van der Waals surface area contributed by atoms with Gasteiger partial charge in [0.25, 0.3) is 0 Å². The highest BCUT2D eigenvalue weighted by molar-refractivity contribution is 5.91. The van der Waals surface area contributed by atoms with Gasteiger partial charge in [-0.25, -0.2) is 0 Å². The molecule has 1 saturated heterocycles. The molecule has 0 bridgehead atoms. The molecule has 0 atom stereocenters. The van der Waals surface area contributed by atoms with Gasteiger partial charge in [-0.15, -0.1) is 0 Å². The lowest BCUT2D eigenvalue weighted by Gasteiger charge is -2.14. The standard InChI is InChI=1S/C27H32N4O3/c32-26(28-16-21-30-17-1-2-18-30)6-5-7-27(33)29-22-8-12-24(13-9-22)34-25-14-10-23(11-15-25)31-19-3-4-20-31/h3-4,8-15,19-20H,1-2,5-7,16-18,21H2,(H,28,32)(H,29,33). The maximum absolute atomic E-state index is 12.2. The Morgan fingerprint density at radius 2 is 1.44 bits per heavy atom. The summed E-state index contributed by atoms with van der Waals surface area (Å²) >= 11 is 0. The molecule has 1 aliphatic rings. The second-order valence-electron chi connectivity index (χ2n) is 8.51. The molecule has 3 aromatic rings. The number of nitrogens with zero attached hydrogens (tertiary/aromatic N) is 2. The molecule has 34 heavy (non-hydrogen) atoms. The van der Waals surface area contributed by atoms with Crippen LogP contribution in [-0.2, 0) is 9.59 Å². The van der Waals surface area contributed by atoms with Crippen LogP contribution in [0.3, 0.4) is 0 Å². The Bertz CT molecular complexity index is 1040. The van der Waals surface area contributed by atoms with Gasteiger partial charge < -0.3 is 24.8 Å². The molecular formula is C27H32N4O3. The first-order chi connectivity index (χ1) is 16.7. The van der Waals surface area contributed by atoms with Gasteiger partial charge in [-0.05, 0) is 93.0 Å². The Hall–Kier alpha value is -3.58. The number of benzene rings is 2. The number of hydrogen-bond acceptors (Lipinski definition) is 4. The van der Waals surface area contributed by atoms with Gasteiger partial charge in [-0.1, -0.05) is 0 Å². The SMILES string of the molecule is O=C(CCCC(=O)Nc1ccc(Oc2ccc(-n3cccc3)cc2)cc1)NCCN1CCCC1. The Labute approximate surface area is 200 Å². The number of hydrogen-bond donors (Lipinski definition) is 2. The maximum Gasteiger partial charge on any atom is 0.224 e. The summed E-state index contributed by atoms with van der Waals surface area (Å²) in [6.07, 6.45) is 7.70. The van der Waals surface area contributed by atoms with Gasteiger partial charge in [-0.2, -0.15) is 0 Å². The van der Waals surface area contributed by atoms with E-state index >= 15 is 0 Å². The molecule has 2 amide bonds. The molecule has 178 valence electrons. The van der Waals surface area contributed by atoms with E-state index in [1.165, 1.54) is 12.8 Å². The molecule has 2 N–H and O–H groups in total. The summed E-state index contributed by atoms with van der Waals surface area (Å²) in [5, 5.41) is 5.82. The highest BCUT2D eigenvalue weighted by Crippen LogP contribution is 2.24. The van der Waals surface area contributed by atoms with Crippen molar-refractivity contribution >= 4 is 17.5 Å². The van der Waals surface area contributed by atoms with E-state index < -0.39 is 0 Å². The Morgan fingerprint density at radius 1 is 0.824 bits per heavy atom. The first kappa shape index (κ1) is 23.6. The minimum atomic E-state index is -0.0980. The van der Waals surface area contributed by atoms with Gasteiger partial charge in [0.1, 0.15) is 11.5 Å². The third kappa shape index (κ3) is 7.22. The summed E-state index contributed by atoms with van der Waals surface area (Å²) < 4.78 is 7.93. The third-order valence-electron chi connectivity index (χ3n) is 5.87. The molecule has 1 aliphatic heterocycles. The van der Waals surface area contributed by atoms with E-state index in [2.05, 4.69) is 15.5 Å². The van der Waals surface area contributed by atoms with Gasteiger partial charge in [-0.3, -0.25) is 9.59 Å². The lowest BCUT2D eigenvalue weighted by Crippen LogP contribution is -2.33. The lowest BCUT2D eigenvalue weighted by molar-refractivity contribution is -0.121. The number of ether oxygens (including phenoxy) is 1. The molecule has 0 saturated carbocycles. The van der Waals surface area contributed by atoms with Gasteiger partial charge >= 0.3 is 0 Å². The Kier molecular flexibility index (Phi) is 8.35. The quantitative estimate of drug-likeness (QED) is 0.439. The largest absolute Gasteiger partial charge is 0.457 e. The van der Waals surface area contributed by atoms with Gasteiger partial charge in [0, 0.05) is 49.7 Å². The van der Waals surface area contributed by atoms with Crippen LogP contribution < -0.4 is 15.4 Å². The monoisotopic (exact) mass is 460 g/mol. The molecule has 2 heterocycles. The normalized spacial score (nSPS) is 13.5. The molecule has 2 aromatic carbocycles. The van der Waals surface area contributed by atoms with Crippen molar-refractivity contribution in [1.82, 2.24) is 14.8 Å². The number of rotatable bonds is 11. The first-order valence-corrected chi connectivity index (χ1v) is 12.0. The lowest BCUT2D eigenvalue weighted by atomic mass is 10.2. The summed E-state index contributed by atoms with van der Waals surface area (Å²) in [5.74, 6) is 1.35. The fraction of sp³-hybridized carbons (Fsp3) is 0.333. The molecule has 4 rings (SSSR count). The van der Waals surface area contributed by atoms with E-state index in [1.54, 1.807) is 0 Å². The molecule has 7 nitrogen and oxygen atoms in total. The number of nitrogens with one attached hydrogen (secondary N) is 2. The highest BCUT2D eigenvalue weighted by Gasteiger charge is 2.11. The molecular weight excluding hydrogens is 428 g/mol. The van der Waals surface area contributed by atoms with E-state index in [0.29, 0.717) is 37.2 Å². The van der Waals surface area contributed by atoms with Crippen LogP contribution in [0, 0.1) is 0 Å². The maximum atomic E-state index is 12.2. The van der Waals surface area contributed by atoms with Crippen LogP contribution in [0.25, 0.3) is 5.69 Å². The first-order valence-electron chi connectivity index (χ1n) is 12.0. The van der Waals surface area contributed by atoms with Crippen LogP contribution in [0.15, 0.2) is 73.1 Å². The third-order valence-corrected chi connectivity index (χ3v) is 5.87. The molecule has 1 aromatic heterocycles. The molecule has 0 unspecified atom stereocenters. The predicted molar refractivity (Wildman–Crippen MR) is 133 cm³/mol. The second-order valence-corrected chi connectivity index (χ2v) is 8.51. The van der Waals surface area contributed by atoms with Crippen LogP contribution in [-0.4, -0.2) is 47.5 Å². The minimum Gasteiger partial charge on any atom is -0.457 e. The average molecular weight is 461 g/mol. The van der Waals surface area contributed by atoms with Crippen molar-refractivity contribution in [3.63, 3.8) is 0 Å². The van der Waals surface area contributed by atoms with Crippen LogP contribution in [0.2, 0.25) is 0 Å². The summed E-state index contributed by atoms with van der Waals surface area (Å²) in [7, 11) is 0. The van der Waals surface area contributed by atoms with Gasteiger partial charge in [0.2, 0.25) is 11.8 Å². The number of anilines is 1. The number of aromatic nitrogens is 1. The number of likely N-dealkylation sites (tertiary alicyclic amines) is 1. The van der Waals surface area contributed by atoms with Crippen LogP contribution in [0.4, 0.5) is 5.69 Å². The molecule has 0 radical (unpaired) electrons. The van der Waals surface area contributed by atoms with Gasteiger partial charge in [0.15, 0.2) is 0 Å². The molecule has 0 aliphatic carbocycles. The zero-order chi connectivity index (χ0) is 23.6. The summed E-state index contributed by atoms with van der Waals surface area (Å²) in [6.45, 7) is 3.85. The zero-order valence-electron chi connectivity index (χ0n) is 19.4. The van der Waals surface area contributed by atoms with Crippen LogP contribution in [0.5, 0.6) is 11.5 Å². The number of carbonyl (C=O) groups is 2. The highest BCUT2D eigenvalue weighted by atomic mass is 16.5. The van der Waals surface area contributed by atoms with Crippen molar-refractivity contribution in [3.05, 3.63) is 73.1 Å². The summed E-state index contributed by atoms with van der Waals surface area (Å²) in [4.78, 5) is 26.5. The van der Waals surface area contributed by atoms with E-state index in [0.717, 1.165) is 31.1 Å². The van der Waals surface area contributed by atoms with Crippen molar-refractivity contribution in [2.45, 2.75) is 32.1 Å². The summed E-state index contributed by atoms with van der Waals surface area (Å²) in [6, 6.07) is 19.1. The van der Waals surface area contributed by atoms with Gasteiger partial charge in [0.05, 0.1) is 0 Å². The van der Waals surface area contributed by atoms with Crippen LogP contribution >= 0.6 is 0 Å². The van der Waals surface area contributed by atoms with Crippen molar-refractivity contribution < 1.29 is 14.3 Å². The Balaban J connectivity index is 1.14. The van der Waals surface area contributed by atoms with Crippen LogP contribution in [0.1, 0.15) is 32.1 Å². The summed E-state index contributed by atoms with van der Waals surface area (Å²) in [5.41, 5.74) is 1.77. The van der Waals surface area contributed by atoms with E-state index in [-0.39, 0.29) is 11.8 Å². The Morgan fingerprint density at radius 3 is 2.12 bits per heavy atom. The van der Waals surface area contributed by atoms with Crippen molar-refractivity contribution in [1.29, 1.82) is 0 Å². The van der Waals surface area contributed by atoms with Crippen molar-refractivity contribution in [3.8, 4) is 17.2 Å². The van der Waals surface area contributed by atoms with Crippen molar-refractivity contribution in [2.24, 2.45) is 0 Å². The molecule has 0 spiro atoms. The topological polar surface area (TPSA) is 75.6 Å². The number of carbonyl (C=O) groups excluding carboxylic acids is 2. The van der Waals surface area contributed by atoms with E-state index in [4.69, 9.17) is 4.74 Å². The van der Waals surface area contributed by atoms with E-state index in [9.17, 15) is 9.59 Å². The fourth-order valence-electron chi connectivity index (χ4n) is 4.02. The van der Waals surface area contributed by atoms with E-state index in [1.807, 2.05) is 77.6 Å². The molecule has 1 fully saturated rings. The average Bonchev–Trinajstić information content (AvgIpc) is 3.56. The number of amides is 2. The van der Waals surface area contributed by atoms with Crippen molar-refractivity contribution in [2.75, 3.05) is 31.5 Å².